The van der Waals surface area contributed by atoms with Gasteiger partial charge >= 0.3 is 12.1 Å². The third-order valence-corrected chi connectivity index (χ3v) is 5.22. The number of carbonyl (C=O) groups is 2. The summed E-state index contributed by atoms with van der Waals surface area (Å²) in [5.41, 5.74) is 5.38. The SMILES string of the molecule is O=C(NCc1nc2c([nH]1)CCCC2)c1ncsc1Nc1ccccc1.O=C(O)C(F)(F)F. The lowest BCUT2D eigenvalue weighted by molar-refractivity contribution is -0.192. The number of halogens is 3. The maximum atomic E-state index is 12.5. The van der Waals surface area contributed by atoms with Crippen molar-refractivity contribution < 1.29 is 27.9 Å². The van der Waals surface area contributed by atoms with Crippen LogP contribution in [0.4, 0.5) is 23.9 Å². The number of hydrogen-bond donors (Lipinski definition) is 4. The number of anilines is 2. The van der Waals surface area contributed by atoms with Gasteiger partial charge in [0.2, 0.25) is 0 Å². The van der Waals surface area contributed by atoms with Crippen molar-refractivity contribution in [2.75, 3.05) is 5.32 Å². The van der Waals surface area contributed by atoms with Gasteiger partial charge in [-0.05, 0) is 37.8 Å². The van der Waals surface area contributed by atoms with E-state index in [9.17, 15) is 18.0 Å². The summed E-state index contributed by atoms with van der Waals surface area (Å²) in [6.45, 7) is 0.383. The van der Waals surface area contributed by atoms with Crippen LogP contribution in [0.2, 0.25) is 0 Å². The van der Waals surface area contributed by atoms with E-state index in [1.807, 2.05) is 30.3 Å². The molecule has 1 amide bonds. The van der Waals surface area contributed by atoms with Crippen LogP contribution in [-0.4, -0.2) is 38.1 Å². The van der Waals surface area contributed by atoms with E-state index in [2.05, 4.69) is 25.6 Å². The smallest absolute Gasteiger partial charge is 0.475 e. The average molecular weight is 467 g/mol. The molecule has 4 rings (SSSR count). The molecule has 4 N–H and O–H groups in total. The number of amides is 1. The van der Waals surface area contributed by atoms with Crippen LogP contribution in [0.25, 0.3) is 0 Å². The zero-order valence-corrected chi connectivity index (χ0v) is 17.5. The van der Waals surface area contributed by atoms with Crippen molar-refractivity contribution >= 4 is 33.9 Å². The Bertz CT molecular complexity index is 1040. The third kappa shape index (κ3) is 6.30. The van der Waals surface area contributed by atoms with Crippen LogP contribution >= 0.6 is 11.3 Å². The van der Waals surface area contributed by atoms with Crippen molar-refractivity contribution in [3.63, 3.8) is 0 Å². The molecular weight excluding hydrogens is 447 g/mol. The number of hydrogen-bond acceptors (Lipinski definition) is 6. The molecule has 0 saturated carbocycles. The second-order valence-corrected chi connectivity index (χ2v) is 7.68. The molecule has 2 heterocycles. The lowest BCUT2D eigenvalue weighted by Crippen LogP contribution is -2.24. The van der Waals surface area contributed by atoms with Crippen LogP contribution in [0, 0.1) is 0 Å². The van der Waals surface area contributed by atoms with E-state index in [4.69, 9.17) is 9.90 Å². The van der Waals surface area contributed by atoms with E-state index in [-0.39, 0.29) is 5.91 Å². The predicted molar refractivity (Wildman–Crippen MR) is 112 cm³/mol. The van der Waals surface area contributed by atoms with Gasteiger partial charge in [-0.2, -0.15) is 13.2 Å². The third-order valence-electron chi connectivity index (χ3n) is 4.48. The van der Waals surface area contributed by atoms with Crippen molar-refractivity contribution in [2.45, 2.75) is 38.4 Å². The Kier molecular flexibility index (Phi) is 7.46. The molecule has 1 aliphatic rings. The maximum absolute atomic E-state index is 12.5. The molecule has 170 valence electrons. The molecule has 1 aromatic carbocycles. The summed E-state index contributed by atoms with van der Waals surface area (Å²) in [5.74, 6) is -2.14. The Morgan fingerprint density at radius 2 is 1.84 bits per heavy atom. The van der Waals surface area contributed by atoms with Gasteiger partial charge in [0, 0.05) is 11.4 Å². The summed E-state index contributed by atoms with van der Waals surface area (Å²) in [7, 11) is 0. The number of benzene rings is 1. The highest BCUT2D eigenvalue weighted by atomic mass is 32.1. The number of aromatic nitrogens is 3. The number of para-hydroxylation sites is 1. The number of carbonyl (C=O) groups excluding carboxylic acids is 1. The van der Waals surface area contributed by atoms with Crippen LogP contribution < -0.4 is 10.6 Å². The molecule has 12 heteroatoms. The van der Waals surface area contributed by atoms with Gasteiger partial charge in [0.15, 0.2) is 5.69 Å². The first-order chi connectivity index (χ1) is 15.2. The Hall–Kier alpha value is -3.41. The summed E-state index contributed by atoms with van der Waals surface area (Å²) in [6.07, 6.45) is -0.615. The number of imidazole rings is 1. The molecule has 3 aromatic rings. The summed E-state index contributed by atoms with van der Waals surface area (Å²) in [6, 6.07) is 9.75. The Labute approximate surface area is 184 Å². The number of fused-ring (bicyclic) bond motifs is 1. The van der Waals surface area contributed by atoms with E-state index >= 15 is 0 Å². The van der Waals surface area contributed by atoms with E-state index in [0.717, 1.165) is 35.0 Å². The fourth-order valence-corrected chi connectivity index (χ4v) is 3.69. The highest BCUT2D eigenvalue weighted by molar-refractivity contribution is 7.14. The van der Waals surface area contributed by atoms with Crippen molar-refractivity contribution in [3.8, 4) is 0 Å². The molecule has 1 aliphatic carbocycles. The fraction of sp³-hybridized carbons (Fsp3) is 0.300. The van der Waals surface area contributed by atoms with Crippen LogP contribution in [0.1, 0.15) is 40.5 Å². The standard InChI is InChI=1S/C18H19N5OS.C2HF3O2/c24-17(19-10-15-22-13-8-4-5-9-14(13)23-15)16-18(25-11-20-16)21-12-6-2-1-3-7-12;3-2(4,5)1(6)7/h1-3,6-7,11,21H,4-5,8-10H2,(H,19,24)(H,22,23);(H,6,7). The number of nitrogens with zero attached hydrogens (tertiary/aromatic N) is 2. The van der Waals surface area contributed by atoms with Crippen LogP contribution in [0.15, 0.2) is 35.8 Å². The van der Waals surface area contributed by atoms with Gasteiger partial charge in [-0.25, -0.2) is 14.8 Å². The summed E-state index contributed by atoms with van der Waals surface area (Å²) >= 11 is 1.41. The van der Waals surface area contributed by atoms with Gasteiger partial charge < -0.3 is 20.7 Å². The number of rotatable bonds is 5. The Morgan fingerprint density at radius 1 is 1.16 bits per heavy atom. The molecule has 0 fully saturated rings. The quantitative estimate of drug-likeness (QED) is 0.449. The first-order valence-corrected chi connectivity index (χ1v) is 10.5. The van der Waals surface area contributed by atoms with E-state index in [0.29, 0.717) is 12.2 Å². The fourth-order valence-electron chi connectivity index (χ4n) is 2.99. The van der Waals surface area contributed by atoms with E-state index in [1.54, 1.807) is 5.51 Å². The molecule has 0 aliphatic heterocycles. The van der Waals surface area contributed by atoms with E-state index < -0.39 is 12.1 Å². The molecule has 8 nitrogen and oxygen atoms in total. The predicted octanol–water partition coefficient (Wildman–Crippen LogP) is 4.05. The Balaban J connectivity index is 0.000000360. The first-order valence-electron chi connectivity index (χ1n) is 9.64. The topological polar surface area (TPSA) is 120 Å². The lowest BCUT2D eigenvalue weighted by Gasteiger charge is -2.07. The molecule has 0 spiro atoms. The minimum Gasteiger partial charge on any atom is -0.475 e. The number of aryl methyl sites for hydroxylation is 2. The number of thiazole rings is 1. The summed E-state index contributed by atoms with van der Waals surface area (Å²) < 4.78 is 31.7. The van der Waals surface area contributed by atoms with Crippen molar-refractivity contribution in [1.29, 1.82) is 0 Å². The molecule has 0 radical (unpaired) electrons. The van der Waals surface area contributed by atoms with Crippen LogP contribution in [0.5, 0.6) is 0 Å². The van der Waals surface area contributed by atoms with Crippen molar-refractivity contribution in [1.82, 2.24) is 20.3 Å². The zero-order valence-electron chi connectivity index (χ0n) is 16.7. The number of carboxylic acid groups (broad SMARTS) is 1. The first kappa shape index (κ1) is 23.3. The molecule has 0 atom stereocenters. The number of aromatic amines is 1. The summed E-state index contributed by atoms with van der Waals surface area (Å²) in [4.78, 5) is 33.5. The second kappa shape index (κ2) is 10.3. The van der Waals surface area contributed by atoms with Gasteiger partial charge in [-0.15, -0.1) is 11.3 Å². The Morgan fingerprint density at radius 3 is 2.50 bits per heavy atom. The monoisotopic (exact) mass is 467 g/mol. The molecule has 0 unspecified atom stereocenters. The van der Waals surface area contributed by atoms with Gasteiger partial charge in [0.05, 0.1) is 17.7 Å². The maximum Gasteiger partial charge on any atom is 0.490 e. The number of alkyl halides is 3. The number of nitrogens with one attached hydrogen (secondary N) is 3. The van der Waals surface area contributed by atoms with Gasteiger partial charge in [-0.1, -0.05) is 18.2 Å². The number of H-pyrrole nitrogens is 1. The molecule has 32 heavy (non-hydrogen) atoms. The van der Waals surface area contributed by atoms with Gasteiger partial charge in [-0.3, -0.25) is 4.79 Å². The zero-order chi connectivity index (χ0) is 23.1. The average Bonchev–Trinajstić information content (AvgIpc) is 3.39. The normalized spacial score (nSPS) is 12.8. The number of carboxylic acids is 1. The molecule has 0 saturated heterocycles. The second-order valence-electron chi connectivity index (χ2n) is 6.82. The minimum atomic E-state index is -5.08. The van der Waals surface area contributed by atoms with E-state index in [1.165, 1.54) is 29.9 Å². The highest BCUT2D eigenvalue weighted by Crippen LogP contribution is 2.25. The lowest BCUT2D eigenvalue weighted by atomic mass is 10.0. The minimum absolute atomic E-state index is 0.200. The molecule has 0 bridgehead atoms. The van der Waals surface area contributed by atoms with Crippen LogP contribution in [-0.2, 0) is 24.2 Å². The largest absolute Gasteiger partial charge is 0.490 e. The summed E-state index contributed by atoms with van der Waals surface area (Å²) in [5, 5.41) is 14.0. The van der Waals surface area contributed by atoms with Crippen LogP contribution in [0.3, 0.4) is 0 Å². The van der Waals surface area contributed by atoms with Gasteiger partial charge in [0.1, 0.15) is 10.8 Å². The number of aliphatic carboxylic acids is 1. The van der Waals surface area contributed by atoms with Crippen molar-refractivity contribution in [2.24, 2.45) is 0 Å². The highest BCUT2D eigenvalue weighted by Gasteiger charge is 2.38. The molecule has 2 aromatic heterocycles. The molecular formula is C20H20F3N5O3S. The van der Waals surface area contributed by atoms with Gasteiger partial charge in [0.25, 0.3) is 5.91 Å². The van der Waals surface area contributed by atoms with Crippen molar-refractivity contribution in [3.05, 3.63) is 58.7 Å².